The molecule has 1 aromatic rings. The summed E-state index contributed by atoms with van der Waals surface area (Å²) in [5.41, 5.74) is 0. The van der Waals surface area contributed by atoms with Crippen molar-refractivity contribution >= 4 is 0 Å². The zero-order chi connectivity index (χ0) is 10.7. The van der Waals surface area contributed by atoms with Crippen LogP contribution in [0.1, 0.15) is 18.7 Å². The van der Waals surface area contributed by atoms with E-state index in [1.807, 2.05) is 11.7 Å². The van der Waals surface area contributed by atoms with E-state index in [1.165, 1.54) is 19.4 Å². The molecule has 0 aliphatic carbocycles. The van der Waals surface area contributed by atoms with Crippen molar-refractivity contribution in [3.8, 4) is 0 Å². The van der Waals surface area contributed by atoms with Crippen molar-refractivity contribution < 1.29 is 0 Å². The number of likely N-dealkylation sites (tertiary alicyclic amines) is 1. The molecular weight excluding hydrogens is 190 g/mol. The molecule has 1 unspecified atom stereocenters. The maximum absolute atomic E-state index is 4.17. The summed E-state index contributed by atoms with van der Waals surface area (Å²) in [6.45, 7) is 3.08. The van der Waals surface area contributed by atoms with Crippen LogP contribution in [0.4, 0.5) is 0 Å². The molecule has 0 amide bonds. The largest absolute Gasteiger partial charge is 0.308 e. The van der Waals surface area contributed by atoms with Crippen molar-refractivity contribution in [1.29, 1.82) is 0 Å². The first kappa shape index (κ1) is 10.6. The second-order valence-corrected chi connectivity index (χ2v) is 4.21. The Morgan fingerprint density at radius 1 is 1.53 bits per heavy atom. The predicted molar refractivity (Wildman–Crippen MR) is 58.4 cm³/mol. The highest BCUT2D eigenvalue weighted by Gasteiger charge is 2.19. The Morgan fingerprint density at radius 3 is 3.00 bits per heavy atom. The molecule has 1 aliphatic heterocycles. The van der Waals surface area contributed by atoms with Gasteiger partial charge in [-0.1, -0.05) is 0 Å². The Bertz CT molecular complexity index is 309. The van der Waals surface area contributed by atoms with Gasteiger partial charge in [0, 0.05) is 19.6 Å². The molecule has 1 aliphatic rings. The Hall–Kier alpha value is -0.940. The van der Waals surface area contributed by atoms with E-state index in [0.29, 0.717) is 6.04 Å². The second kappa shape index (κ2) is 4.72. The number of nitrogens with one attached hydrogen (secondary N) is 1. The molecule has 84 valence electrons. The summed E-state index contributed by atoms with van der Waals surface area (Å²) in [5.74, 6) is 0.996. The number of hydrogen-bond donors (Lipinski definition) is 1. The minimum Gasteiger partial charge on any atom is -0.308 e. The van der Waals surface area contributed by atoms with Crippen molar-refractivity contribution in [2.45, 2.75) is 25.4 Å². The highest BCUT2D eigenvalue weighted by Crippen LogP contribution is 2.13. The Labute approximate surface area is 90.5 Å². The summed E-state index contributed by atoms with van der Waals surface area (Å²) in [5, 5.41) is 7.47. The van der Waals surface area contributed by atoms with E-state index in [9.17, 15) is 0 Å². The summed E-state index contributed by atoms with van der Waals surface area (Å²) in [4.78, 5) is 6.59. The summed E-state index contributed by atoms with van der Waals surface area (Å²) < 4.78 is 1.81. The van der Waals surface area contributed by atoms with Gasteiger partial charge >= 0.3 is 0 Å². The number of rotatable bonds is 4. The molecule has 15 heavy (non-hydrogen) atoms. The molecule has 5 heteroatoms. The van der Waals surface area contributed by atoms with Crippen molar-refractivity contribution in [1.82, 2.24) is 25.0 Å². The number of hydrogen-bond acceptors (Lipinski definition) is 4. The Balaban J connectivity index is 1.73. The highest BCUT2D eigenvalue weighted by atomic mass is 15.3. The van der Waals surface area contributed by atoms with Gasteiger partial charge < -0.3 is 10.2 Å². The lowest BCUT2D eigenvalue weighted by Gasteiger charge is -2.19. The highest BCUT2D eigenvalue weighted by molar-refractivity contribution is 4.84. The first-order chi connectivity index (χ1) is 7.27. The van der Waals surface area contributed by atoms with Gasteiger partial charge in [-0.15, -0.1) is 0 Å². The van der Waals surface area contributed by atoms with Gasteiger partial charge in [-0.3, -0.25) is 4.68 Å². The van der Waals surface area contributed by atoms with Crippen molar-refractivity contribution in [2.75, 3.05) is 20.1 Å². The van der Waals surface area contributed by atoms with E-state index in [4.69, 9.17) is 0 Å². The quantitative estimate of drug-likeness (QED) is 0.758. The van der Waals surface area contributed by atoms with Gasteiger partial charge in [0.2, 0.25) is 0 Å². The SMILES string of the molecule is CN1CCCC1CNCc1ncnn1C. The van der Waals surface area contributed by atoms with Crippen LogP contribution in [-0.4, -0.2) is 45.8 Å². The molecule has 0 radical (unpaired) electrons. The fourth-order valence-electron chi connectivity index (χ4n) is 2.07. The standard InChI is InChI=1S/C10H19N5/c1-14-5-3-4-9(14)6-11-7-10-12-8-13-15(10)2/h8-9,11H,3-7H2,1-2H3. The summed E-state index contributed by atoms with van der Waals surface area (Å²) in [6, 6.07) is 0.693. The third-order valence-corrected chi connectivity index (χ3v) is 3.14. The predicted octanol–water partition coefficient (Wildman–Crippen LogP) is -0.00110. The van der Waals surface area contributed by atoms with Gasteiger partial charge in [-0.05, 0) is 26.4 Å². The molecule has 1 atom stereocenters. The minimum atomic E-state index is 0.693. The molecule has 1 fully saturated rings. The van der Waals surface area contributed by atoms with Crippen LogP contribution >= 0.6 is 0 Å². The van der Waals surface area contributed by atoms with E-state index >= 15 is 0 Å². The monoisotopic (exact) mass is 209 g/mol. The van der Waals surface area contributed by atoms with Crippen molar-refractivity contribution in [2.24, 2.45) is 7.05 Å². The average Bonchev–Trinajstić information content (AvgIpc) is 2.78. The third kappa shape index (κ3) is 2.54. The lowest BCUT2D eigenvalue weighted by Crippen LogP contribution is -2.35. The molecule has 0 saturated carbocycles. The smallest absolute Gasteiger partial charge is 0.140 e. The molecule has 0 bridgehead atoms. The van der Waals surface area contributed by atoms with Crippen LogP contribution in [0.5, 0.6) is 0 Å². The summed E-state index contributed by atoms with van der Waals surface area (Å²) in [6.07, 6.45) is 4.23. The Kier molecular flexibility index (Phi) is 3.33. The van der Waals surface area contributed by atoms with Gasteiger partial charge in [0.15, 0.2) is 0 Å². The van der Waals surface area contributed by atoms with Crippen LogP contribution in [0, 0.1) is 0 Å². The lowest BCUT2D eigenvalue weighted by molar-refractivity contribution is 0.299. The molecule has 1 saturated heterocycles. The molecule has 2 rings (SSSR count). The fourth-order valence-corrected chi connectivity index (χ4v) is 2.07. The fraction of sp³-hybridized carbons (Fsp3) is 0.800. The maximum Gasteiger partial charge on any atom is 0.140 e. The zero-order valence-electron chi connectivity index (χ0n) is 9.48. The third-order valence-electron chi connectivity index (χ3n) is 3.14. The topological polar surface area (TPSA) is 46.0 Å². The molecule has 0 spiro atoms. The second-order valence-electron chi connectivity index (χ2n) is 4.21. The summed E-state index contributed by atoms with van der Waals surface area (Å²) in [7, 11) is 4.12. The van der Waals surface area contributed by atoms with Crippen LogP contribution in [-0.2, 0) is 13.6 Å². The number of nitrogens with zero attached hydrogens (tertiary/aromatic N) is 4. The average molecular weight is 209 g/mol. The number of aryl methyl sites for hydroxylation is 1. The molecular formula is C10H19N5. The first-order valence-corrected chi connectivity index (χ1v) is 5.51. The van der Waals surface area contributed by atoms with Crippen molar-refractivity contribution in [3.63, 3.8) is 0 Å². The van der Waals surface area contributed by atoms with Gasteiger partial charge in [0.25, 0.3) is 0 Å². The van der Waals surface area contributed by atoms with Crippen LogP contribution in [0.3, 0.4) is 0 Å². The molecule has 5 nitrogen and oxygen atoms in total. The van der Waals surface area contributed by atoms with Crippen LogP contribution in [0.2, 0.25) is 0 Å². The van der Waals surface area contributed by atoms with Gasteiger partial charge in [-0.25, -0.2) is 4.98 Å². The van der Waals surface area contributed by atoms with E-state index in [0.717, 1.165) is 18.9 Å². The van der Waals surface area contributed by atoms with Crippen LogP contribution in [0.25, 0.3) is 0 Å². The maximum atomic E-state index is 4.17. The van der Waals surface area contributed by atoms with Crippen LogP contribution < -0.4 is 5.32 Å². The van der Waals surface area contributed by atoms with Gasteiger partial charge in [0.05, 0.1) is 6.54 Å². The molecule has 1 N–H and O–H groups in total. The van der Waals surface area contributed by atoms with Gasteiger partial charge in [-0.2, -0.15) is 5.10 Å². The lowest BCUT2D eigenvalue weighted by atomic mass is 10.2. The number of aromatic nitrogens is 3. The summed E-state index contributed by atoms with van der Waals surface area (Å²) >= 11 is 0. The van der Waals surface area contributed by atoms with Crippen molar-refractivity contribution in [3.05, 3.63) is 12.2 Å². The molecule has 0 aromatic carbocycles. The van der Waals surface area contributed by atoms with E-state index < -0.39 is 0 Å². The minimum absolute atomic E-state index is 0.693. The molecule has 2 heterocycles. The van der Waals surface area contributed by atoms with E-state index in [1.54, 1.807) is 6.33 Å². The van der Waals surface area contributed by atoms with E-state index in [-0.39, 0.29) is 0 Å². The van der Waals surface area contributed by atoms with Gasteiger partial charge in [0.1, 0.15) is 12.2 Å². The van der Waals surface area contributed by atoms with Crippen LogP contribution in [0.15, 0.2) is 6.33 Å². The Morgan fingerprint density at radius 2 is 2.40 bits per heavy atom. The molecule has 1 aromatic heterocycles. The first-order valence-electron chi connectivity index (χ1n) is 5.51. The zero-order valence-corrected chi connectivity index (χ0v) is 9.48. The number of likely N-dealkylation sites (N-methyl/N-ethyl adjacent to an activating group) is 1. The normalized spacial score (nSPS) is 22.4. The van der Waals surface area contributed by atoms with E-state index in [2.05, 4.69) is 27.3 Å².